The molecule has 8 heteroatoms. The molecule has 1 aliphatic rings. The van der Waals surface area contributed by atoms with Gasteiger partial charge < -0.3 is 25.0 Å². The highest BCUT2D eigenvalue weighted by Crippen LogP contribution is 2.20. The quantitative estimate of drug-likeness (QED) is 0.210. The highest BCUT2D eigenvalue weighted by atomic mass is 127. The third-order valence-corrected chi connectivity index (χ3v) is 5.17. The summed E-state index contributed by atoms with van der Waals surface area (Å²) in [5.74, 6) is 1.51. The van der Waals surface area contributed by atoms with Crippen molar-refractivity contribution in [2.24, 2.45) is 10.9 Å². The molecule has 170 valence electrons. The molecule has 0 bridgehead atoms. The van der Waals surface area contributed by atoms with Crippen molar-refractivity contribution in [3.05, 3.63) is 35.4 Å². The largest absolute Gasteiger partial charge is 0.379 e. The first kappa shape index (κ1) is 26.6. The molecule has 0 saturated carbocycles. The molecule has 1 heterocycles. The van der Waals surface area contributed by atoms with E-state index in [1.54, 1.807) is 7.05 Å². The summed E-state index contributed by atoms with van der Waals surface area (Å²) in [6.07, 6.45) is 2.65. The summed E-state index contributed by atoms with van der Waals surface area (Å²) in [6.45, 7) is 7.11. The minimum Gasteiger partial charge on any atom is -0.379 e. The average molecular weight is 532 g/mol. The Balaban J connectivity index is 0.00000450. The average Bonchev–Trinajstić information content (AvgIpc) is 2.75. The molecular weight excluding hydrogens is 495 g/mol. The molecule has 1 saturated heterocycles. The van der Waals surface area contributed by atoms with Gasteiger partial charge in [0.05, 0.1) is 19.8 Å². The monoisotopic (exact) mass is 532 g/mol. The second kappa shape index (κ2) is 15.4. The van der Waals surface area contributed by atoms with Crippen LogP contribution in [0.3, 0.4) is 0 Å². The number of aliphatic imine (C=N–C) groups is 1. The zero-order valence-electron chi connectivity index (χ0n) is 18.5. The highest BCUT2D eigenvalue weighted by molar-refractivity contribution is 14.0. The summed E-state index contributed by atoms with van der Waals surface area (Å²) in [5, 5.41) is 6.19. The number of rotatable bonds is 10. The van der Waals surface area contributed by atoms with Crippen LogP contribution in [0, 0.1) is 5.92 Å². The molecule has 0 aliphatic carbocycles. The topological polar surface area (TPSA) is 75.2 Å². The van der Waals surface area contributed by atoms with E-state index >= 15 is 0 Å². The van der Waals surface area contributed by atoms with Crippen LogP contribution >= 0.6 is 24.0 Å². The van der Waals surface area contributed by atoms with Crippen LogP contribution in [0.15, 0.2) is 29.3 Å². The first-order chi connectivity index (χ1) is 14.2. The van der Waals surface area contributed by atoms with Gasteiger partial charge in [-0.15, -0.1) is 24.0 Å². The first-order valence-corrected chi connectivity index (χ1v) is 10.6. The minimum absolute atomic E-state index is 0. The summed E-state index contributed by atoms with van der Waals surface area (Å²) >= 11 is 0. The second-order valence-corrected chi connectivity index (χ2v) is 7.28. The Kier molecular flexibility index (Phi) is 13.7. The fourth-order valence-corrected chi connectivity index (χ4v) is 3.51. The zero-order chi connectivity index (χ0) is 20.9. The maximum atomic E-state index is 11.6. The van der Waals surface area contributed by atoms with E-state index in [9.17, 15) is 4.79 Å². The zero-order valence-corrected chi connectivity index (χ0v) is 20.8. The number of halogens is 1. The van der Waals surface area contributed by atoms with Crippen LogP contribution in [-0.4, -0.2) is 63.8 Å². The highest BCUT2D eigenvalue weighted by Gasteiger charge is 2.22. The Morgan fingerprint density at radius 2 is 1.90 bits per heavy atom. The molecule has 0 spiro atoms. The summed E-state index contributed by atoms with van der Waals surface area (Å²) < 4.78 is 10.9. The van der Waals surface area contributed by atoms with Crippen LogP contribution in [0.2, 0.25) is 0 Å². The van der Waals surface area contributed by atoms with Crippen molar-refractivity contribution in [2.75, 3.05) is 47.0 Å². The van der Waals surface area contributed by atoms with Crippen molar-refractivity contribution in [2.45, 2.75) is 39.3 Å². The van der Waals surface area contributed by atoms with Gasteiger partial charge in [0.25, 0.3) is 0 Å². The molecule has 2 rings (SSSR count). The molecule has 1 aromatic carbocycles. The van der Waals surface area contributed by atoms with Crippen molar-refractivity contribution in [3.8, 4) is 0 Å². The van der Waals surface area contributed by atoms with Crippen LogP contribution in [0.1, 0.15) is 37.3 Å². The molecule has 1 fully saturated rings. The van der Waals surface area contributed by atoms with Crippen molar-refractivity contribution < 1.29 is 14.3 Å². The Hall–Kier alpha value is -1.39. The lowest BCUT2D eigenvalue weighted by Gasteiger charge is -2.34. The fraction of sp³-hybridized carbons (Fsp3) is 0.636. The predicted molar refractivity (Wildman–Crippen MR) is 131 cm³/mol. The van der Waals surface area contributed by atoms with E-state index in [1.807, 2.05) is 14.0 Å². The number of carbonyl (C=O) groups excluding carboxylic acids is 1. The molecule has 1 aromatic rings. The number of nitrogens with one attached hydrogen (secondary N) is 2. The van der Waals surface area contributed by atoms with Crippen LogP contribution in [0.25, 0.3) is 0 Å². The summed E-state index contributed by atoms with van der Waals surface area (Å²) in [6, 6.07) is 8.41. The summed E-state index contributed by atoms with van der Waals surface area (Å²) in [4.78, 5) is 18.3. The van der Waals surface area contributed by atoms with Gasteiger partial charge in [-0.2, -0.15) is 0 Å². The van der Waals surface area contributed by atoms with Gasteiger partial charge in [0.1, 0.15) is 0 Å². The number of amides is 1. The molecule has 1 amide bonds. The fourth-order valence-electron chi connectivity index (χ4n) is 3.51. The lowest BCUT2D eigenvalue weighted by molar-refractivity contribution is -0.121. The minimum atomic E-state index is 0. The first-order valence-electron chi connectivity index (χ1n) is 10.6. The lowest BCUT2D eigenvalue weighted by atomic mass is 9.93. The molecular formula is C22H37IN4O3. The molecule has 30 heavy (non-hydrogen) atoms. The maximum absolute atomic E-state index is 11.6. The van der Waals surface area contributed by atoms with Crippen molar-refractivity contribution in [1.29, 1.82) is 0 Å². The van der Waals surface area contributed by atoms with Crippen molar-refractivity contribution in [3.63, 3.8) is 0 Å². The lowest BCUT2D eigenvalue weighted by Crippen LogP contribution is -2.45. The molecule has 0 atom stereocenters. The van der Waals surface area contributed by atoms with Gasteiger partial charge in [-0.3, -0.25) is 9.79 Å². The number of hydrogen-bond donors (Lipinski definition) is 2. The number of hydrogen-bond acceptors (Lipinski definition) is 4. The molecule has 0 unspecified atom stereocenters. The Morgan fingerprint density at radius 3 is 2.57 bits per heavy atom. The Labute approximate surface area is 198 Å². The number of ether oxygens (including phenoxy) is 2. The van der Waals surface area contributed by atoms with E-state index in [0.29, 0.717) is 32.2 Å². The number of guanidine groups is 1. The van der Waals surface area contributed by atoms with E-state index in [0.717, 1.165) is 50.6 Å². The van der Waals surface area contributed by atoms with Gasteiger partial charge >= 0.3 is 0 Å². The number of carbonyl (C=O) groups is 1. The van der Waals surface area contributed by atoms with Gasteiger partial charge in [0.15, 0.2) is 5.96 Å². The molecule has 0 radical (unpaired) electrons. The smallest absolute Gasteiger partial charge is 0.220 e. The third-order valence-electron chi connectivity index (χ3n) is 5.17. The van der Waals surface area contributed by atoms with Gasteiger partial charge in [-0.25, -0.2) is 0 Å². The predicted octanol–water partition coefficient (Wildman–Crippen LogP) is 2.78. The second-order valence-electron chi connectivity index (χ2n) is 7.28. The third kappa shape index (κ3) is 9.61. The van der Waals surface area contributed by atoms with Crippen molar-refractivity contribution >= 4 is 35.8 Å². The van der Waals surface area contributed by atoms with Crippen LogP contribution in [0.5, 0.6) is 0 Å². The van der Waals surface area contributed by atoms with Gasteiger partial charge in [0.2, 0.25) is 5.91 Å². The molecule has 1 aliphatic heterocycles. The maximum Gasteiger partial charge on any atom is 0.220 e. The van der Waals surface area contributed by atoms with Gasteiger partial charge in [-0.05, 0) is 36.8 Å². The molecule has 0 aromatic heterocycles. The number of likely N-dealkylation sites (tertiary alicyclic amines) is 1. The van der Waals surface area contributed by atoms with Crippen molar-refractivity contribution in [1.82, 2.24) is 15.5 Å². The normalized spacial score (nSPS) is 14.9. The SMILES string of the molecule is CCOCCOCc1cccc(CNC(=NC)N2CCC(CC(=O)NC)CC2)c1.I. The van der Waals surface area contributed by atoms with Crippen LogP contribution < -0.4 is 10.6 Å². The number of nitrogens with zero attached hydrogens (tertiary/aromatic N) is 2. The standard InChI is InChI=1S/C22H36N4O3.HI/c1-4-28-12-13-29-17-20-7-5-6-19(14-20)16-25-22(24-3)26-10-8-18(9-11-26)15-21(27)23-2;/h5-7,14,18H,4,8-13,15-17H2,1-3H3,(H,23,27)(H,24,25);1H. The van der Waals surface area contributed by atoms with Gasteiger partial charge in [-0.1, -0.05) is 24.3 Å². The number of piperidine rings is 1. The molecule has 2 N–H and O–H groups in total. The molecule has 7 nitrogen and oxygen atoms in total. The number of benzene rings is 1. The Morgan fingerprint density at radius 1 is 1.20 bits per heavy atom. The van der Waals surface area contributed by atoms with Gasteiger partial charge in [0, 0.05) is 46.8 Å². The Bertz CT molecular complexity index is 649. The van der Waals surface area contributed by atoms with E-state index < -0.39 is 0 Å². The van der Waals surface area contributed by atoms with E-state index in [-0.39, 0.29) is 29.9 Å². The van der Waals surface area contributed by atoms with Crippen LogP contribution in [-0.2, 0) is 27.4 Å². The van der Waals surface area contributed by atoms with Crippen LogP contribution in [0.4, 0.5) is 0 Å². The summed E-state index contributed by atoms with van der Waals surface area (Å²) in [5.41, 5.74) is 2.36. The van der Waals surface area contributed by atoms with E-state index in [2.05, 4.69) is 44.8 Å². The van der Waals surface area contributed by atoms with E-state index in [1.165, 1.54) is 5.56 Å². The van der Waals surface area contributed by atoms with E-state index in [4.69, 9.17) is 9.47 Å². The summed E-state index contributed by atoms with van der Waals surface area (Å²) in [7, 11) is 3.52.